The summed E-state index contributed by atoms with van der Waals surface area (Å²) in [5, 5.41) is 29.7. The van der Waals surface area contributed by atoms with Crippen molar-refractivity contribution >= 4 is 75.3 Å². The molecule has 105 valence electrons. The maximum atomic E-state index is 9.00. The van der Waals surface area contributed by atoms with Gasteiger partial charge in [-0.15, -0.1) is 0 Å². The molecule has 0 fully saturated rings. The van der Waals surface area contributed by atoms with E-state index in [4.69, 9.17) is 39.6 Å². The van der Waals surface area contributed by atoms with E-state index in [0.717, 1.165) is 27.7 Å². The molecule has 10 heteroatoms. The standard InChI is InChI=1S/4C2H4O2.K.H2O/c4*1-2(3)4;;/h4*1H3,(H,3,4);;1H2. The zero-order chi connectivity index (χ0) is 14.3. The third kappa shape index (κ3) is 11800. The van der Waals surface area contributed by atoms with Crippen molar-refractivity contribution in [3.05, 3.63) is 0 Å². The van der Waals surface area contributed by atoms with E-state index in [2.05, 4.69) is 0 Å². The summed E-state index contributed by atoms with van der Waals surface area (Å²) in [6.45, 7) is 4.33. The molecule has 0 heterocycles. The van der Waals surface area contributed by atoms with Gasteiger partial charge in [-0.2, -0.15) is 0 Å². The molecule has 0 aliphatic heterocycles. The molecule has 0 amide bonds. The summed E-state index contributed by atoms with van der Waals surface area (Å²) in [6, 6.07) is 0. The first-order chi connectivity index (χ1) is 6.93. The van der Waals surface area contributed by atoms with Crippen LogP contribution in [0.15, 0.2) is 0 Å². The molecule has 9 nitrogen and oxygen atoms in total. The van der Waals surface area contributed by atoms with Gasteiger partial charge in [0, 0.05) is 79.1 Å². The molecule has 0 saturated carbocycles. The largest absolute Gasteiger partial charge is 0.481 e. The Morgan fingerprint density at radius 1 is 0.556 bits per heavy atom. The Labute approximate surface area is 147 Å². The molecule has 0 rings (SSSR count). The van der Waals surface area contributed by atoms with E-state index in [9.17, 15) is 0 Å². The molecular formula is C8H18KO9. The second-order valence-corrected chi connectivity index (χ2v) is 2.08. The molecule has 6 N–H and O–H groups in total. The van der Waals surface area contributed by atoms with Crippen molar-refractivity contribution in [2.24, 2.45) is 0 Å². The third-order valence-corrected chi connectivity index (χ3v) is 0. The second-order valence-electron chi connectivity index (χ2n) is 2.08. The summed E-state index contributed by atoms with van der Waals surface area (Å²) < 4.78 is 0. The van der Waals surface area contributed by atoms with Crippen molar-refractivity contribution < 1.29 is 45.1 Å². The van der Waals surface area contributed by atoms with E-state index >= 15 is 0 Å². The normalized spacial score (nSPS) is 5.56. The fourth-order valence-electron chi connectivity index (χ4n) is 0. The summed E-state index contributed by atoms with van der Waals surface area (Å²) >= 11 is 0. The predicted molar refractivity (Wildman–Crippen MR) is 62.6 cm³/mol. The molecule has 0 unspecified atom stereocenters. The molecule has 1 radical (unpaired) electrons. The first kappa shape index (κ1) is 36.0. The predicted octanol–water partition coefficient (Wildman–Crippen LogP) is -0.842. The van der Waals surface area contributed by atoms with Crippen LogP contribution in [0.2, 0.25) is 0 Å². The summed E-state index contributed by atoms with van der Waals surface area (Å²) in [4.78, 5) is 36.0. The van der Waals surface area contributed by atoms with Crippen LogP contribution < -0.4 is 0 Å². The van der Waals surface area contributed by atoms with E-state index in [1.165, 1.54) is 0 Å². The van der Waals surface area contributed by atoms with Gasteiger partial charge in [0.05, 0.1) is 0 Å². The Kier molecular flexibility index (Phi) is 60.0. The Morgan fingerprint density at radius 2 is 0.556 bits per heavy atom. The Bertz CT molecular complexity index is 163. The van der Waals surface area contributed by atoms with Gasteiger partial charge in [0.25, 0.3) is 23.9 Å². The Hall–Kier alpha value is -0.524. The van der Waals surface area contributed by atoms with Crippen LogP contribution in [0.1, 0.15) is 27.7 Å². The van der Waals surface area contributed by atoms with Gasteiger partial charge in [-0.1, -0.05) is 0 Å². The smallest absolute Gasteiger partial charge is 0.300 e. The SMILES string of the molecule is CC(=O)O.CC(=O)O.CC(=O)O.CC(=O)O.O.[K]. The molecule has 0 spiro atoms. The monoisotopic (exact) mass is 297 g/mol. The molecule has 0 atom stereocenters. The van der Waals surface area contributed by atoms with Crippen LogP contribution in [-0.4, -0.2) is 101 Å². The minimum atomic E-state index is -0.833. The van der Waals surface area contributed by atoms with Crippen LogP contribution in [0.4, 0.5) is 0 Å². The number of hydrogen-bond donors (Lipinski definition) is 4. The van der Waals surface area contributed by atoms with Gasteiger partial charge in [-0.25, -0.2) is 0 Å². The van der Waals surface area contributed by atoms with Crippen LogP contribution in [0.5, 0.6) is 0 Å². The molecule has 0 saturated heterocycles. The van der Waals surface area contributed by atoms with E-state index in [-0.39, 0.29) is 56.9 Å². The molecule has 0 aromatic heterocycles. The van der Waals surface area contributed by atoms with Crippen LogP contribution in [0.25, 0.3) is 0 Å². The molecule has 0 aromatic carbocycles. The minimum Gasteiger partial charge on any atom is -0.481 e. The van der Waals surface area contributed by atoms with Crippen molar-refractivity contribution in [1.29, 1.82) is 0 Å². The quantitative estimate of drug-likeness (QED) is 0.417. The average Bonchev–Trinajstić information content (AvgIpc) is 1.76. The second kappa shape index (κ2) is 30.0. The average molecular weight is 297 g/mol. The van der Waals surface area contributed by atoms with Gasteiger partial charge in [-0.3, -0.25) is 19.2 Å². The Morgan fingerprint density at radius 3 is 0.556 bits per heavy atom. The topological polar surface area (TPSA) is 181 Å². The van der Waals surface area contributed by atoms with Gasteiger partial charge >= 0.3 is 0 Å². The van der Waals surface area contributed by atoms with Crippen LogP contribution >= 0.6 is 0 Å². The summed E-state index contributed by atoms with van der Waals surface area (Å²) in [7, 11) is 0. The van der Waals surface area contributed by atoms with Gasteiger partial charge in [0.1, 0.15) is 0 Å². The van der Waals surface area contributed by atoms with Crippen molar-refractivity contribution in [2.75, 3.05) is 0 Å². The summed E-state index contributed by atoms with van der Waals surface area (Å²) in [5.41, 5.74) is 0. The first-order valence-corrected chi connectivity index (χ1v) is 3.71. The minimum absolute atomic E-state index is 0. The molecule has 0 aliphatic carbocycles. The summed E-state index contributed by atoms with van der Waals surface area (Å²) in [5.74, 6) is -3.33. The van der Waals surface area contributed by atoms with Crippen LogP contribution in [0.3, 0.4) is 0 Å². The molecule has 0 aliphatic rings. The number of carboxylic acid groups (broad SMARTS) is 4. The van der Waals surface area contributed by atoms with Gasteiger partial charge in [0.15, 0.2) is 0 Å². The fourth-order valence-corrected chi connectivity index (χ4v) is 0. The van der Waals surface area contributed by atoms with Crippen LogP contribution in [-0.2, 0) is 19.2 Å². The van der Waals surface area contributed by atoms with Gasteiger partial charge in [0.2, 0.25) is 0 Å². The molecule has 0 bridgehead atoms. The zero-order valence-electron chi connectivity index (χ0n) is 10.9. The van der Waals surface area contributed by atoms with E-state index in [0.29, 0.717) is 0 Å². The number of carbonyl (C=O) groups is 4. The molecule has 0 aromatic rings. The Balaban J connectivity index is -0.0000000257. The summed E-state index contributed by atoms with van der Waals surface area (Å²) in [6.07, 6.45) is 0. The fraction of sp³-hybridized carbons (Fsp3) is 0.500. The van der Waals surface area contributed by atoms with Crippen LogP contribution in [0, 0.1) is 0 Å². The van der Waals surface area contributed by atoms with Gasteiger partial charge in [-0.05, 0) is 0 Å². The van der Waals surface area contributed by atoms with Crippen molar-refractivity contribution in [1.82, 2.24) is 0 Å². The number of carboxylic acids is 4. The molecular weight excluding hydrogens is 279 g/mol. The maximum Gasteiger partial charge on any atom is 0.300 e. The molecule has 18 heavy (non-hydrogen) atoms. The van der Waals surface area contributed by atoms with Crippen molar-refractivity contribution in [3.8, 4) is 0 Å². The number of hydrogen-bond acceptors (Lipinski definition) is 4. The number of rotatable bonds is 0. The zero-order valence-corrected chi connectivity index (χ0v) is 14.0. The third-order valence-electron chi connectivity index (χ3n) is 0. The van der Waals surface area contributed by atoms with E-state index in [1.54, 1.807) is 0 Å². The van der Waals surface area contributed by atoms with Crippen molar-refractivity contribution in [3.63, 3.8) is 0 Å². The van der Waals surface area contributed by atoms with Crippen molar-refractivity contribution in [2.45, 2.75) is 27.7 Å². The first-order valence-electron chi connectivity index (χ1n) is 3.71. The van der Waals surface area contributed by atoms with E-state index < -0.39 is 23.9 Å². The number of aliphatic carboxylic acids is 4. The van der Waals surface area contributed by atoms with E-state index in [1.807, 2.05) is 0 Å². The maximum absolute atomic E-state index is 9.00. The van der Waals surface area contributed by atoms with Gasteiger partial charge < -0.3 is 25.9 Å².